The van der Waals surface area contributed by atoms with E-state index >= 15 is 0 Å². The van der Waals surface area contributed by atoms with Gasteiger partial charge in [0.05, 0.1) is 6.33 Å². The minimum atomic E-state index is -3.67. The van der Waals surface area contributed by atoms with Crippen molar-refractivity contribution in [3.63, 3.8) is 0 Å². The number of sulfonamides is 1. The summed E-state index contributed by atoms with van der Waals surface area (Å²) < 4.78 is 27.6. The number of imidazole rings is 1. The van der Waals surface area contributed by atoms with Crippen molar-refractivity contribution in [3.05, 3.63) is 12.5 Å². The van der Waals surface area contributed by atoms with Gasteiger partial charge in [0.1, 0.15) is 5.84 Å². The highest BCUT2D eigenvalue weighted by atomic mass is 32.2. The minimum Gasteiger partial charge on any atom is -0.409 e. The van der Waals surface area contributed by atoms with Crippen molar-refractivity contribution in [1.82, 2.24) is 13.9 Å². The first-order valence-corrected chi connectivity index (χ1v) is 7.19. The summed E-state index contributed by atoms with van der Waals surface area (Å²) in [5, 5.41) is 11.3. The van der Waals surface area contributed by atoms with Gasteiger partial charge in [-0.1, -0.05) is 5.16 Å². The van der Waals surface area contributed by atoms with Crippen LogP contribution in [0.2, 0.25) is 0 Å². The number of oxime groups is 1. The molecule has 0 unspecified atom stereocenters. The topological polar surface area (TPSA) is 114 Å². The molecule has 0 atom stereocenters. The molecule has 1 rings (SSSR count). The van der Waals surface area contributed by atoms with Gasteiger partial charge in [0, 0.05) is 32.3 Å². The summed E-state index contributed by atoms with van der Waals surface area (Å²) in [7, 11) is -1.98. The summed E-state index contributed by atoms with van der Waals surface area (Å²) in [6.45, 7) is 3.64. The standard InChI is InChI=1S/C10H19N5O3S/c1-8(2)15(5-4-9(11)13-16)19(17,18)10-6-14(3)7-12-10/h6-8,16H,4-5H2,1-3H3,(H2,11,13). The van der Waals surface area contributed by atoms with Crippen LogP contribution >= 0.6 is 0 Å². The molecule has 0 amide bonds. The smallest absolute Gasteiger partial charge is 0.262 e. The van der Waals surface area contributed by atoms with E-state index in [0.717, 1.165) is 0 Å². The third kappa shape index (κ3) is 3.67. The first-order chi connectivity index (χ1) is 8.78. The Morgan fingerprint density at radius 3 is 2.68 bits per heavy atom. The van der Waals surface area contributed by atoms with E-state index < -0.39 is 10.0 Å². The van der Waals surface area contributed by atoms with Crippen LogP contribution in [0.15, 0.2) is 22.7 Å². The molecule has 0 aliphatic carbocycles. The van der Waals surface area contributed by atoms with Gasteiger partial charge in [-0.15, -0.1) is 0 Å². The van der Waals surface area contributed by atoms with Gasteiger partial charge in [-0.05, 0) is 13.8 Å². The molecule has 0 aromatic carbocycles. The molecule has 108 valence electrons. The van der Waals surface area contributed by atoms with E-state index in [-0.39, 0.29) is 29.9 Å². The highest BCUT2D eigenvalue weighted by Gasteiger charge is 2.28. The van der Waals surface area contributed by atoms with E-state index in [1.54, 1.807) is 25.5 Å². The van der Waals surface area contributed by atoms with E-state index in [2.05, 4.69) is 10.1 Å². The Kier molecular flexibility index (Phi) is 4.90. The van der Waals surface area contributed by atoms with E-state index in [9.17, 15) is 8.42 Å². The summed E-state index contributed by atoms with van der Waals surface area (Å²) >= 11 is 0. The van der Waals surface area contributed by atoms with Crippen LogP contribution in [-0.4, -0.2) is 45.9 Å². The zero-order chi connectivity index (χ0) is 14.6. The van der Waals surface area contributed by atoms with Gasteiger partial charge in [-0.2, -0.15) is 4.31 Å². The van der Waals surface area contributed by atoms with Crippen molar-refractivity contribution in [1.29, 1.82) is 0 Å². The lowest BCUT2D eigenvalue weighted by molar-refractivity contribution is 0.313. The largest absolute Gasteiger partial charge is 0.409 e. The average molecular weight is 289 g/mol. The van der Waals surface area contributed by atoms with Crippen LogP contribution in [0.4, 0.5) is 0 Å². The lowest BCUT2D eigenvalue weighted by atomic mass is 10.3. The maximum absolute atomic E-state index is 12.4. The van der Waals surface area contributed by atoms with Crippen molar-refractivity contribution in [2.24, 2.45) is 17.9 Å². The quantitative estimate of drug-likeness (QED) is 0.330. The molecule has 0 spiro atoms. The van der Waals surface area contributed by atoms with Gasteiger partial charge in [0.15, 0.2) is 5.03 Å². The molecular formula is C10H19N5O3S. The number of hydrogen-bond acceptors (Lipinski definition) is 5. The third-order valence-corrected chi connectivity index (χ3v) is 4.51. The van der Waals surface area contributed by atoms with Crippen molar-refractivity contribution in [2.75, 3.05) is 6.54 Å². The molecule has 0 radical (unpaired) electrons. The molecular weight excluding hydrogens is 270 g/mol. The molecule has 1 heterocycles. The molecule has 3 N–H and O–H groups in total. The molecule has 19 heavy (non-hydrogen) atoms. The number of nitrogens with two attached hydrogens (primary N) is 1. The Labute approximate surface area is 112 Å². The Morgan fingerprint density at radius 1 is 1.63 bits per heavy atom. The Hall–Kier alpha value is -1.61. The first-order valence-electron chi connectivity index (χ1n) is 5.75. The van der Waals surface area contributed by atoms with Crippen molar-refractivity contribution in [2.45, 2.75) is 31.3 Å². The highest BCUT2D eigenvalue weighted by Crippen LogP contribution is 2.16. The van der Waals surface area contributed by atoms with Crippen LogP contribution in [0.3, 0.4) is 0 Å². The first kappa shape index (κ1) is 15.4. The number of rotatable bonds is 6. The number of amidine groups is 1. The molecule has 0 saturated heterocycles. The molecule has 1 aromatic heterocycles. The van der Waals surface area contributed by atoms with Crippen LogP contribution in [0.5, 0.6) is 0 Å². The second-order valence-electron chi connectivity index (χ2n) is 4.43. The van der Waals surface area contributed by atoms with Crippen molar-refractivity contribution < 1.29 is 13.6 Å². The molecule has 0 aliphatic heterocycles. The lowest BCUT2D eigenvalue weighted by Crippen LogP contribution is -2.39. The van der Waals surface area contributed by atoms with Crippen molar-refractivity contribution >= 4 is 15.9 Å². The van der Waals surface area contributed by atoms with Crippen LogP contribution in [0.25, 0.3) is 0 Å². The summed E-state index contributed by atoms with van der Waals surface area (Å²) in [4.78, 5) is 3.86. The molecule has 8 nitrogen and oxygen atoms in total. The molecule has 0 saturated carbocycles. The summed E-state index contributed by atoms with van der Waals surface area (Å²) in [5.41, 5.74) is 5.37. The molecule has 1 aromatic rings. The maximum Gasteiger partial charge on any atom is 0.262 e. The Balaban J connectivity index is 2.98. The van der Waals surface area contributed by atoms with Gasteiger partial charge in [0.2, 0.25) is 0 Å². The van der Waals surface area contributed by atoms with Gasteiger partial charge in [-0.25, -0.2) is 13.4 Å². The number of hydrogen-bond donors (Lipinski definition) is 2. The van der Waals surface area contributed by atoms with E-state index in [0.29, 0.717) is 0 Å². The lowest BCUT2D eigenvalue weighted by Gasteiger charge is -2.24. The highest BCUT2D eigenvalue weighted by molar-refractivity contribution is 7.89. The fourth-order valence-corrected chi connectivity index (χ4v) is 3.18. The van der Waals surface area contributed by atoms with Crippen molar-refractivity contribution in [3.8, 4) is 0 Å². The third-order valence-electron chi connectivity index (χ3n) is 2.55. The molecule has 9 heteroatoms. The fraction of sp³-hybridized carbons (Fsp3) is 0.600. The number of aromatic nitrogens is 2. The van der Waals surface area contributed by atoms with E-state index in [1.807, 2.05) is 0 Å². The van der Waals surface area contributed by atoms with Gasteiger partial charge < -0.3 is 15.5 Å². The Bertz CT molecular complexity index is 549. The Morgan fingerprint density at radius 2 is 2.26 bits per heavy atom. The van der Waals surface area contributed by atoms with Crippen LogP contribution in [-0.2, 0) is 17.1 Å². The van der Waals surface area contributed by atoms with Gasteiger partial charge >= 0.3 is 0 Å². The SMILES string of the molecule is CC(C)N(CCC(N)=NO)S(=O)(=O)c1cn(C)cn1. The average Bonchev–Trinajstić information content (AvgIpc) is 2.75. The van der Waals surface area contributed by atoms with Crippen LogP contribution in [0.1, 0.15) is 20.3 Å². The van der Waals surface area contributed by atoms with E-state index in [1.165, 1.54) is 16.8 Å². The number of aryl methyl sites for hydroxylation is 1. The summed E-state index contributed by atoms with van der Waals surface area (Å²) in [6, 6.07) is -0.251. The van der Waals surface area contributed by atoms with Gasteiger partial charge in [0.25, 0.3) is 10.0 Å². The van der Waals surface area contributed by atoms with Crippen LogP contribution < -0.4 is 5.73 Å². The molecule has 0 aliphatic rings. The molecule has 0 fully saturated rings. The van der Waals surface area contributed by atoms with E-state index in [4.69, 9.17) is 10.9 Å². The summed E-state index contributed by atoms with van der Waals surface area (Å²) in [6.07, 6.45) is 3.02. The normalized spacial score (nSPS) is 13.4. The second kappa shape index (κ2) is 6.02. The zero-order valence-electron chi connectivity index (χ0n) is 11.2. The second-order valence-corrected chi connectivity index (χ2v) is 6.27. The predicted octanol–water partition coefficient (Wildman–Crippen LogP) is -0.0443. The number of nitrogens with zero attached hydrogens (tertiary/aromatic N) is 4. The summed E-state index contributed by atoms with van der Waals surface area (Å²) in [5.74, 6) is -0.0122. The fourth-order valence-electron chi connectivity index (χ4n) is 1.57. The van der Waals surface area contributed by atoms with Gasteiger partial charge in [-0.3, -0.25) is 0 Å². The predicted molar refractivity (Wildman–Crippen MR) is 70.3 cm³/mol. The monoisotopic (exact) mass is 289 g/mol. The zero-order valence-corrected chi connectivity index (χ0v) is 12.0. The van der Waals surface area contributed by atoms with Crippen LogP contribution in [0, 0.1) is 0 Å². The minimum absolute atomic E-state index is 0.0109. The molecule has 0 bridgehead atoms. The maximum atomic E-state index is 12.4.